The van der Waals surface area contributed by atoms with Gasteiger partial charge in [0.05, 0.1) is 5.02 Å². The Kier molecular flexibility index (Phi) is 6.65. The van der Waals surface area contributed by atoms with Crippen LogP contribution >= 0.6 is 11.6 Å². The van der Waals surface area contributed by atoms with Crippen molar-refractivity contribution in [1.29, 1.82) is 0 Å². The summed E-state index contributed by atoms with van der Waals surface area (Å²) in [5.41, 5.74) is -0.0580. The molecule has 0 saturated carbocycles. The molecule has 1 N–H and O–H groups in total. The van der Waals surface area contributed by atoms with E-state index in [4.69, 9.17) is 11.6 Å². The summed E-state index contributed by atoms with van der Waals surface area (Å²) >= 11 is 6.19. The lowest BCUT2D eigenvalue weighted by atomic mass is 9.81. The predicted molar refractivity (Wildman–Crippen MR) is 110 cm³/mol. The SMILES string of the molecule is CC(C)(C)CC(C)(C)NC(=O)c1ccc(Cl)c(S(=O)(=O)N2CCCCC2)c1. The summed E-state index contributed by atoms with van der Waals surface area (Å²) in [6, 6.07) is 4.46. The Morgan fingerprint density at radius 2 is 1.70 bits per heavy atom. The van der Waals surface area contributed by atoms with E-state index in [1.54, 1.807) is 6.07 Å². The van der Waals surface area contributed by atoms with E-state index in [2.05, 4.69) is 26.1 Å². The van der Waals surface area contributed by atoms with Gasteiger partial charge in [-0.3, -0.25) is 4.79 Å². The minimum Gasteiger partial charge on any atom is -0.347 e. The van der Waals surface area contributed by atoms with Crippen LogP contribution in [0.25, 0.3) is 0 Å². The number of nitrogens with one attached hydrogen (secondary N) is 1. The van der Waals surface area contributed by atoms with Crippen molar-refractivity contribution in [2.75, 3.05) is 13.1 Å². The largest absolute Gasteiger partial charge is 0.347 e. The van der Waals surface area contributed by atoms with Crippen LogP contribution in [0.1, 0.15) is 70.7 Å². The highest BCUT2D eigenvalue weighted by molar-refractivity contribution is 7.89. The van der Waals surface area contributed by atoms with Crippen LogP contribution in [0.5, 0.6) is 0 Å². The molecule has 0 spiro atoms. The van der Waals surface area contributed by atoms with Gasteiger partial charge in [-0.25, -0.2) is 8.42 Å². The fourth-order valence-electron chi connectivity index (χ4n) is 3.84. The van der Waals surface area contributed by atoms with Crippen molar-refractivity contribution in [3.05, 3.63) is 28.8 Å². The molecule has 1 heterocycles. The third kappa shape index (κ3) is 5.93. The van der Waals surface area contributed by atoms with E-state index >= 15 is 0 Å². The fourth-order valence-corrected chi connectivity index (χ4v) is 5.85. The third-order valence-electron chi connectivity index (χ3n) is 4.55. The molecule has 0 atom stereocenters. The second-order valence-corrected chi connectivity index (χ2v) is 11.5. The number of hydrogen-bond acceptors (Lipinski definition) is 3. The number of hydrogen-bond donors (Lipinski definition) is 1. The van der Waals surface area contributed by atoms with Gasteiger partial charge < -0.3 is 5.32 Å². The first kappa shape index (κ1) is 22.2. The minimum atomic E-state index is -3.70. The van der Waals surface area contributed by atoms with E-state index in [0.29, 0.717) is 18.7 Å². The minimum absolute atomic E-state index is 0.00680. The Morgan fingerprint density at radius 1 is 1.11 bits per heavy atom. The molecule has 1 aromatic carbocycles. The highest BCUT2D eigenvalue weighted by atomic mass is 35.5. The Bertz CT molecular complexity index is 792. The maximum atomic E-state index is 13.0. The highest BCUT2D eigenvalue weighted by Gasteiger charge is 2.30. The number of sulfonamides is 1. The standard InChI is InChI=1S/C20H31ClN2O3S/c1-19(2,3)14-20(4,5)22-18(24)15-9-10-16(21)17(13-15)27(25,26)23-11-7-6-8-12-23/h9-10,13H,6-8,11-12,14H2,1-5H3,(H,22,24). The highest BCUT2D eigenvalue weighted by Crippen LogP contribution is 2.29. The van der Waals surface area contributed by atoms with Crippen LogP contribution in [0.4, 0.5) is 0 Å². The lowest BCUT2D eigenvalue weighted by Crippen LogP contribution is -2.45. The zero-order valence-electron chi connectivity index (χ0n) is 16.9. The topological polar surface area (TPSA) is 66.5 Å². The summed E-state index contributed by atoms with van der Waals surface area (Å²) in [4.78, 5) is 12.8. The average molecular weight is 415 g/mol. The van der Waals surface area contributed by atoms with Gasteiger partial charge in [-0.1, -0.05) is 38.8 Å². The van der Waals surface area contributed by atoms with Gasteiger partial charge in [0.15, 0.2) is 0 Å². The summed E-state index contributed by atoms with van der Waals surface area (Å²) < 4.78 is 27.4. The van der Waals surface area contributed by atoms with E-state index in [1.807, 2.05) is 13.8 Å². The molecule has 0 bridgehead atoms. The number of carbonyl (C=O) groups is 1. The molecule has 1 aliphatic rings. The van der Waals surface area contributed by atoms with Crippen molar-refractivity contribution in [2.24, 2.45) is 5.41 Å². The fraction of sp³-hybridized carbons (Fsp3) is 0.650. The Labute approximate surface area is 168 Å². The van der Waals surface area contributed by atoms with E-state index < -0.39 is 15.6 Å². The number of nitrogens with zero attached hydrogens (tertiary/aromatic N) is 1. The Morgan fingerprint density at radius 3 is 2.26 bits per heavy atom. The second kappa shape index (κ2) is 8.10. The van der Waals surface area contributed by atoms with Crippen molar-refractivity contribution in [3.8, 4) is 0 Å². The van der Waals surface area contributed by atoms with Gasteiger partial charge in [0.25, 0.3) is 5.91 Å². The molecular weight excluding hydrogens is 384 g/mol. The maximum absolute atomic E-state index is 13.0. The van der Waals surface area contributed by atoms with E-state index in [9.17, 15) is 13.2 Å². The molecule has 1 aromatic rings. The summed E-state index contributed by atoms with van der Waals surface area (Å²) in [6.07, 6.45) is 3.51. The molecular formula is C20H31ClN2O3S. The van der Waals surface area contributed by atoms with Crippen LogP contribution in [0.15, 0.2) is 23.1 Å². The van der Waals surface area contributed by atoms with Crippen molar-refractivity contribution >= 4 is 27.5 Å². The molecule has 2 rings (SSSR count). The van der Waals surface area contributed by atoms with Gasteiger partial charge >= 0.3 is 0 Å². The van der Waals surface area contributed by atoms with Crippen molar-refractivity contribution in [3.63, 3.8) is 0 Å². The van der Waals surface area contributed by atoms with E-state index in [1.165, 1.54) is 16.4 Å². The smallest absolute Gasteiger partial charge is 0.251 e. The van der Waals surface area contributed by atoms with Gasteiger partial charge in [-0.05, 0) is 56.7 Å². The van der Waals surface area contributed by atoms with Crippen molar-refractivity contribution < 1.29 is 13.2 Å². The van der Waals surface area contributed by atoms with Gasteiger partial charge in [0, 0.05) is 24.2 Å². The van der Waals surface area contributed by atoms with Gasteiger partial charge in [0.1, 0.15) is 4.90 Å². The second-order valence-electron chi connectivity index (χ2n) is 9.19. The lowest BCUT2D eigenvalue weighted by Gasteiger charge is -2.33. The first-order valence-electron chi connectivity index (χ1n) is 9.44. The predicted octanol–water partition coefficient (Wildman–Crippen LogP) is 4.46. The molecule has 7 heteroatoms. The zero-order valence-corrected chi connectivity index (χ0v) is 18.5. The number of benzene rings is 1. The number of halogens is 1. The molecule has 1 amide bonds. The molecule has 0 aliphatic carbocycles. The third-order valence-corrected chi connectivity index (χ3v) is 6.93. The van der Waals surface area contributed by atoms with Gasteiger partial charge in [-0.15, -0.1) is 0 Å². The molecule has 1 fully saturated rings. The quantitative estimate of drug-likeness (QED) is 0.773. The Balaban J connectivity index is 2.27. The molecule has 0 radical (unpaired) electrons. The molecule has 5 nitrogen and oxygen atoms in total. The number of carbonyl (C=O) groups excluding carboxylic acids is 1. The molecule has 1 saturated heterocycles. The summed E-state index contributed by atoms with van der Waals surface area (Å²) in [5, 5.41) is 3.16. The van der Waals surface area contributed by atoms with Crippen molar-refractivity contribution in [1.82, 2.24) is 9.62 Å². The van der Waals surface area contributed by atoms with Crippen LogP contribution in [-0.4, -0.2) is 37.3 Å². The van der Waals surface area contributed by atoms with Crippen LogP contribution < -0.4 is 5.32 Å². The number of piperidine rings is 1. The molecule has 152 valence electrons. The van der Waals surface area contributed by atoms with Crippen LogP contribution in [-0.2, 0) is 10.0 Å². The monoisotopic (exact) mass is 414 g/mol. The molecule has 27 heavy (non-hydrogen) atoms. The average Bonchev–Trinajstić information content (AvgIpc) is 2.53. The molecule has 1 aliphatic heterocycles. The van der Waals surface area contributed by atoms with Gasteiger partial charge in [0.2, 0.25) is 10.0 Å². The van der Waals surface area contributed by atoms with Crippen LogP contribution in [0.2, 0.25) is 5.02 Å². The number of amides is 1. The molecule has 0 unspecified atom stereocenters. The number of rotatable bonds is 5. The van der Waals surface area contributed by atoms with Crippen molar-refractivity contribution in [2.45, 2.75) is 70.7 Å². The normalized spacial score (nSPS) is 17.0. The summed E-state index contributed by atoms with van der Waals surface area (Å²) in [7, 11) is -3.70. The van der Waals surface area contributed by atoms with Gasteiger partial charge in [-0.2, -0.15) is 4.31 Å². The molecule has 0 aromatic heterocycles. The van der Waals surface area contributed by atoms with Crippen LogP contribution in [0.3, 0.4) is 0 Å². The maximum Gasteiger partial charge on any atom is 0.251 e. The summed E-state index contributed by atoms with van der Waals surface area (Å²) in [6.45, 7) is 11.3. The van der Waals surface area contributed by atoms with E-state index in [-0.39, 0.29) is 21.2 Å². The first-order chi connectivity index (χ1) is 12.3. The summed E-state index contributed by atoms with van der Waals surface area (Å²) in [5.74, 6) is -0.295. The van der Waals surface area contributed by atoms with E-state index in [0.717, 1.165) is 25.7 Å². The first-order valence-corrected chi connectivity index (χ1v) is 11.3. The lowest BCUT2D eigenvalue weighted by molar-refractivity contribution is 0.0891. The Hall–Kier alpha value is -1.11. The van der Waals surface area contributed by atoms with Crippen LogP contribution in [0, 0.1) is 5.41 Å². The zero-order chi connectivity index (χ0) is 20.5.